The van der Waals surface area contributed by atoms with Crippen molar-refractivity contribution in [3.05, 3.63) is 24.3 Å². The first kappa shape index (κ1) is 15.0. The van der Waals surface area contributed by atoms with E-state index in [2.05, 4.69) is 4.90 Å². The van der Waals surface area contributed by atoms with Crippen molar-refractivity contribution >= 4 is 5.69 Å². The fraction of sp³-hybridized carbons (Fsp3) is 0.571. The van der Waals surface area contributed by atoms with Crippen LogP contribution in [0.15, 0.2) is 24.3 Å². The smallest absolute Gasteiger partial charge is 0.392 e. The number of alkyl halides is 3. The van der Waals surface area contributed by atoms with Gasteiger partial charge in [-0.1, -0.05) is 6.07 Å². The summed E-state index contributed by atoms with van der Waals surface area (Å²) in [5.41, 5.74) is 6.88. The van der Waals surface area contributed by atoms with Crippen LogP contribution in [0.1, 0.15) is 19.3 Å². The van der Waals surface area contributed by atoms with Crippen LogP contribution in [0.2, 0.25) is 0 Å². The fourth-order valence-electron chi connectivity index (χ4n) is 2.30. The third-order valence-corrected chi connectivity index (χ3v) is 3.29. The molecule has 0 aliphatic carbocycles. The van der Waals surface area contributed by atoms with Crippen molar-refractivity contribution in [2.45, 2.75) is 31.5 Å². The predicted octanol–water partition coefficient (Wildman–Crippen LogP) is 2.95. The molecule has 1 aromatic carbocycles. The zero-order chi connectivity index (χ0) is 14.6. The Morgan fingerprint density at radius 3 is 2.85 bits per heavy atom. The highest BCUT2D eigenvalue weighted by atomic mass is 19.4. The van der Waals surface area contributed by atoms with E-state index in [0.29, 0.717) is 5.75 Å². The lowest BCUT2D eigenvalue weighted by Gasteiger charge is -2.32. The van der Waals surface area contributed by atoms with Gasteiger partial charge in [0.1, 0.15) is 5.75 Å². The molecule has 1 aliphatic heterocycles. The largest absolute Gasteiger partial charge is 0.493 e. The van der Waals surface area contributed by atoms with E-state index in [9.17, 15) is 13.2 Å². The summed E-state index contributed by atoms with van der Waals surface area (Å²) in [6.45, 7) is 1.33. The first-order valence-corrected chi connectivity index (χ1v) is 6.74. The van der Waals surface area contributed by atoms with Crippen molar-refractivity contribution in [3.63, 3.8) is 0 Å². The molecular weight excluding hydrogens is 269 g/mol. The van der Waals surface area contributed by atoms with Gasteiger partial charge in [-0.2, -0.15) is 13.2 Å². The number of piperidine rings is 1. The summed E-state index contributed by atoms with van der Waals surface area (Å²) in [6.07, 6.45) is -3.08. The molecule has 6 heteroatoms. The van der Waals surface area contributed by atoms with Gasteiger partial charge in [0.25, 0.3) is 0 Å². The van der Waals surface area contributed by atoms with E-state index >= 15 is 0 Å². The summed E-state index contributed by atoms with van der Waals surface area (Å²) in [5, 5.41) is 0. The second kappa shape index (κ2) is 6.35. The molecular formula is C14H19F3N2O. The Labute approximate surface area is 116 Å². The maximum Gasteiger partial charge on any atom is 0.392 e. The average molecular weight is 288 g/mol. The van der Waals surface area contributed by atoms with Gasteiger partial charge in [-0.25, -0.2) is 0 Å². The zero-order valence-electron chi connectivity index (χ0n) is 11.2. The molecule has 1 atom stereocenters. The van der Waals surface area contributed by atoms with E-state index in [1.807, 2.05) is 6.07 Å². The van der Waals surface area contributed by atoms with Crippen LogP contribution in [0.4, 0.5) is 18.9 Å². The number of benzene rings is 1. The van der Waals surface area contributed by atoms with Crippen molar-refractivity contribution in [1.82, 2.24) is 0 Å². The van der Waals surface area contributed by atoms with Crippen molar-refractivity contribution in [3.8, 4) is 5.75 Å². The standard InChI is InChI=1S/C14H19F3N2O/c15-14(16,17)6-8-20-13-5-1-4-12(9-13)19-7-2-3-11(18)10-19/h1,4-5,9,11H,2-3,6-8,10,18H2. The average Bonchev–Trinajstić information content (AvgIpc) is 2.38. The normalized spacial score (nSPS) is 20.0. The first-order chi connectivity index (χ1) is 9.44. The molecule has 2 rings (SSSR count). The lowest BCUT2D eigenvalue weighted by molar-refractivity contribution is -0.139. The number of halogens is 3. The molecule has 2 N–H and O–H groups in total. The molecule has 0 radical (unpaired) electrons. The summed E-state index contributed by atoms with van der Waals surface area (Å²) < 4.78 is 41.4. The summed E-state index contributed by atoms with van der Waals surface area (Å²) in [5.74, 6) is 0.464. The molecule has 3 nitrogen and oxygen atoms in total. The molecule has 0 saturated carbocycles. The number of anilines is 1. The maximum atomic E-state index is 12.1. The van der Waals surface area contributed by atoms with Gasteiger partial charge in [-0.15, -0.1) is 0 Å². The van der Waals surface area contributed by atoms with Crippen LogP contribution in [0.3, 0.4) is 0 Å². The van der Waals surface area contributed by atoms with Gasteiger partial charge in [-0.05, 0) is 25.0 Å². The second-order valence-corrected chi connectivity index (χ2v) is 5.06. The molecule has 1 aromatic rings. The molecule has 0 amide bonds. The summed E-state index contributed by atoms with van der Waals surface area (Å²) in [6, 6.07) is 7.31. The topological polar surface area (TPSA) is 38.5 Å². The summed E-state index contributed by atoms with van der Waals surface area (Å²) >= 11 is 0. The number of hydrogen-bond acceptors (Lipinski definition) is 3. The van der Waals surface area contributed by atoms with Gasteiger partial charge >= 0.3 is 6.18 Å². The summed E-state index contributed by atoms with van der Waals surface area (Å²) in [7, 11) is 0. The van der Waals surface area contributed by atoms with Gasteiger partial charge in [0, 0.05) is 30.9 Å². The molecule has 20 heavy (non-hydrogen) atoms. The van der Waals surface area contributed by atoms with Crippen LogP contribution in [0, 0.1) is 0 Å². The third-order valence-electron chi connectivity index (χ3n) is 3.29. The number of nitrogens with zero attached hydrogens (tertiary/aromatic N) is 1. The van der Waals surface area contributed by atoms with Crippen molar-refractivity contribution in [2.75, 3.05) is 24.6 Å². The van der Waals surface area contributed by atoms with Gasteiger partial charge in [0.15, 0.2) is 0 Å². The molecule has 1 fully saturated rings. The maximum absolute atomic E-state index is 12.1. The fourth-order valence-corrected chi connectivity index (χ4v) is 2.30. The number of hydrogen-bond donors (Lipinski definition) is 1. The van der Waals surface area contributed by atoms with Gasteiger partial charge in [0.05, 0.1) is 13.0 Å². The van der Waals surface area contributed by atoms with E-state index < -0.39 is 12.6 Å². The Morgan fingerprint density at radius 2 is 2.15 bits per heavy atom. The highest BCUT2D eigenvalue weighted by Crippen LogP contribution is 2.25. The van der Waals surface area contributed by atoms with Crippen LogP contribution in [-0.4, -0.2) is 31.9 Å². The van der Waals surface area contributed by atoms with Crippen LogP contribution >= 0.6 is 0 Å². The predicted molar refractivity (Wildman–Crippen MR) is 72.0 cm³/mol. The Hall–Kier alpha value is -1.43. The third kappa shape index (κ3) is 4.59. The minimum Gasteiger partial charge on any atom is -0.493 e. The monoisotopic (exact) mass is 288 g/mol. The van der Waals surface area contributed by atoms with Crippen LogP contribution in [-0.2, 0) is 0 Å². The highest BCUT2D eigenvalue weighted by molar-refractivity contribution is 5.51. The van der Waals surface area contributed by atoms with Crippen LogP contribution in [0.25, 0.3) is 0 Å². The molecule has 1 aliphatic rings. The minimum absolute atomic E-state index is 0.151. The van der Waals surface area contributed by atoms with E-state index in [1.165, 1.54) is 0 Å². The molecule has 0 aromatic heterocycles. The van der Waals surface area contributed by atoms with Crippen molar-refractivity contribution < 1.29 is 17.9 Å². The molecule has 0 spiro atoms. The van der Waals surface area contributed by atoms with Crippen LogP contribution in [0.5, 0.6) is 5.75 Å². The Balaban J connectivity index is 1.93. The molecule has 112 valence electrons. The van der Waals surface area contributed by atoms with Crippen molar-refractivity contribution in [1.29, 1.82) is 0 Å². The lowest BCUT2D eigenvalue weighted by Crippen LogP contribution is -2.42. The molecule has 1 saturated heterocycles. The van der Waals surface area contributed by atoms with E-state index in [4.69, 9.17) is 10.5 Å². The van der Waals surface area contributed by atoms with Gasteiger partial charge in [-0.3, -0.25) is 0 Å². The number of rotatable bonds is 4. The Morgan fingerprint density at radius 1 is 1.35 bits per heavy atom. The minimum atomic E-state index is -4.18. The first-order valence-electron chi connectivity index (χ1n) is 6.74. The second-order valence-electron chi connectivity index (χ2n) is 5.06. The highest BCUT2D eigenvalue weighted by Gasteiger charge is 2.26. The van der Waals surface area contributed by atoms with Gasteiger partial charge in [0.2, 0.25) is 0 Å². The lowest BCUT2D eigenvalue weighted by atomic mass is 10.1. The van der Waals surface area contributed by atoms with Gasteiger partial charge < -0.3 is 15.4 Å². The quantitative estimate of drug-likeness (QED) is 0.925. The molecule has 1 heterocycles. The number of nitrogens with two attached hydrogens (primary N) is 1. The molecule has 1 unspecified atom stereocenters. The summed E-state index contributed by atoms with van der Waals surface area (Å²) in [4.78, 5) is 2.14. The van der Waals surface area contributed by atoms with Crippen molar-refractivity contribution in [2.24, 2.45) is 5.73 Å². The Kier molecular flexibility index (Phi) is 4.75. The Bertz CT molecular complexity index is 437. The van der Waals surface area contributed by atoms with Crippen LogP contribution < -0.4 is 15.4 Å². The SMILES string of the molecule is NC1CCCN(c2cccc(OCCC(F)(F)F)c2)C1. The molecule has 0 bridgehead atoms. The van der Waals surface area contributed by atoms with E-state index in [1.54, 1.807) is 18.2 Å². The zero-order valence-corrected chi connectivity index (χ0v) is 11.2. The van der Waals surface area contributed by atoms with E-state index in [0.717, 1.165) is 31.6 Å². The number of ether oxygens (including phenoxy) is 1. The van der Waals surface area contributed by atoms with E-state index in [-0.39, 0.29) is 12.6 Å².